The molecule has 0 atom stereocenters. The Bertz CT molecular complexity index is 527. The van der Waals surface area contributed by atoms with Crippen LogP contribution < -0.4 is 5.32 Å². The number of aryl methyl sites for hydroxylation is 1. The van der Waals surface area contributed by atoms with Gasteiger partial charge >= 0.3 is 0 Å². The Morgan fingerprint density at radius 1 is 1.32 bits per heavy atom. The molecule has 0 saturated heterocycles. The van der Waals surface area contributed by atoms with E-state index in [0.717, 1.165) is 16.8 Å². The van der Waals surface area contributed by atoms with Crippen molar-refractivity contribution < 1.29 is 14.3 Å². The van der Waals surface area contributed by atoms with Gasteiger partial charge in [0.05, 0.1) is 13.2 Å². The molecule has 0 unspecified atom stereocenters. The molecule has 1 N–H and O–H groups in total. The average Bonchev–Trinajstić information content (AvgIpc) is 2.45. The quantitative estimate of drug-likeness (QED) is 0.842. The molecule has 0 radical (unpaired) electrons. The number of hydrogen-bond donors (Lipinski definition) is 1. The minimum atomic E-state index is -0.192. The third-order valence-corrected chi connectivity index (χ3v) is 3.54. The first-order chi connectivity index (χ1) is 10.4. The molecule has 0 aliphatic rings. The van der Waals surface area contributed by atoms with E-state index in [2.05, 4.69) is 19.2 Å². The Hall–Kier alpha value is -1.88. The topological polar surface area (TPSA) is 58.6 Å². The predicted octanol–water partition coefficient (Wildman–Crippen LogP) is 2.55. The van der Waals surface area contributed by atoms with Gasteiger partial charge in [0, 0.05) is 26.3 Å². The molecular weight excluding hydrogens is 280 g/mol. The SMILES string of the molecule is COCCN(CC(=O)Nc1c(C)cccc1C(C)C)C(C)=O. The highest BCUT2D eigenvalue weighted by atomic mass is 16.5. The fourth-order valence-electron chi connectivity index (χ4n) is 2.24. The lowest BCUT2D eigenvalue weighted by molar-refractivity contribution is -0.133. The minimum absolute atomic E-state index is 0.0323. The van der Waals surface area contributed by atoms with Crippen molar-refractivity contribution in [1.29, 1.82) is 0 Å². The highest BCUT2D eigenvalue weighted by Crippen LogP contribution is 2.27. The van der Waals surface area contributed by atoms with E-state index in [1.807, 2.05) is 25.1 Å². The second-order valence-corrected chi connectivity index (χ2v) is 5.68. The van der Waals surface area contributed by atoms with Crippen LogP contribution >= 0.6 is 0 Å². The predicted molar refractivity (Wildman–Crippen MR) is 88.0 cm³/mol. The van der Waals surface area contributed by atoms with Crippen molar-refractivity contribution in [1.82, 2.24) is 4.90 Å². The molecule has 0 fully saturated rings. The number of anilines is 1. The van der Waals surface area contributed by atoms with Crippen LogP contribution in [0.5, 0.6) is 0 Å². The summed E-state index contributed by atoms with van der Waals surface area (Å²) < 4.78 is 4.97. The lowest BCUT2D eigenvalue weighted by Gasteiger charge is -2.21. The highest BCUT2D eigenvalue weighted by Gasteiger charge is 2.16. The van der Waals surface area contributed by atoms with Crippen LogP contribution in [0.1, 0.15) is 37.8 Å². The summed E-state index contributed by atoms with van der Waals surface area (Å²) in [7, 11) is 1.57. The number of nitrogens with zero attached hydrogens (tertiary/aromatic N) is 1. The number of hydrogen-bond acceptors (Lipinski definition) is 3. The number of rotatable bonds is 7. The summed E-state index contributed by atoms with van der Waals surface area (Å²) in [5, 5.41) is 2.95. The Balaban J connectivity index is 2.82. The fraction of sp³-hybridized carbons (Fsp3) is 0.529. The van der Waals surface area contributed by atoms with Crippen LogP contribution in [0.15, 0.2) is 18.2 Å². The summed E-state index contributed by atoms with van der Waals surface area (Å²) in [4.78, 5) is 25.3. The van der Waals surface area contributed by atoms with E-state index < -0.39 is 0 Å². The first-order valence-corrected chi connectivity index (χ1v) is 7.50. The molecule has 22 heavy (non-hydrogen) atoms. The first kappa shape index (κ1) is 18.2. The first-order valence-electron chi connectivity index (χ1n) is 7.50. The fourth-order valence-corrected chi connectivity index (χ4v) is 2.24. The van der Waals surface area contributed by atoms with Gasteiger partial charge < -0.3 is 15.0 Å². The molecule has 122 valence electrons. The van der Waals surface area contributed by atoms with Gasteiger partial charge in [-0.15, -0.1) is 0 Å². The maximum absolute atomic E-state index is 12.3. The van der Waals surface area contributed by atoms with Gasteiger partial charge in [0.1, 0.15) is 0 Å². The number of amides is 2. The van der Waals surface area contributed by atoms with Gasteiger partial charge in [0.2, 0.25) is 11.8 Å². The highest BCUT2D eigenvalue weighted by molar-refractivity contribution is 5.95. The molecule has 1 aromatic carbocycles. The summed E-state index contributed by atoms with van der Waals surface area (Å²) in [5.74, 6) is -0.0174. The Labute approximate surface area is 132 Å². The Morgan fingerprint density at radius 3 is 2.55 bits per heavy atom. The maximum Gasteiger partial charge on any atom is 0.244 e. The molecule has 0 aliphatic heterocycles. The number of nitrogens with one attached hydrogen (secondary N) is 1. The third-order valence-electron chi connectivity index (χ3n) is 3.54. The van der Waals surface area contributed by atoms with E-state index in [9.17, 15) is 9.59 Å². The lowest BCUT2D eigenvalue weighted by atomic mass is 9.98. The van der Waals surface area contributed by atoms with Crippen molar-refractivity contribution in [3.63, 3.8) is 0 Å². The molecule has 1 rings (SSSR count). The summed E-state index contributed by atoms with van der Waals surface area (Å²) in [5.41, 5.74) is 2.96. The van der Waals surface area contributed by atoms with Gasteiger partial charge in [-0.1, -0.05) is 32.0 Å². The van der Waals surface area contributed by atoms with Crippen molar-refractivity contribution in [3.8, 4) is 0 Å². The monoisotopic (exact) mass is 306 g/mol. The van der Waals surface area contributed by atoms with Crippen LogP contribution in [-0.2, 0) is 14.3 Å². The third kappa shape index (κ3) is 5.15. The van der Waals surface area contributed by atoms with E-state index in [1.165, 1.54) is 11.8 Å². The van der Waals surface area contributed by atoms with Crippen LogP contribution in [0.4, 0.5) is 5.69 Å². The molecule has 0 saturated carbocycles. The van der Waals surface area contributed by atoms with E-state index in [-0.39, 0.29) is 18.4 Å². The van der Waals surface area contributed by atoms with E-state index in [1.54, 1.807) is 7.11 Å². The average molecular weight is 306 g/mol. The van der Waals surface area contributed by atoms with Gasteiger partial charge in [-0.3, -0.25) is 9.59 Å². The Morgan fingerprint density at radius 2 is 2.00 bits per heavy atom. The molecule has 5 nitrogen and oxygen atoms in total. The number of para-hydroxylation sites is 1. The largest absolute Gasteiger partial charge is 0.383 e. The molecule has 0 aliphatic carbocycles. The molecule has 0 heterocycles. The minimum Gasteiger partial charge on any atom is -0.383 e. The Kier molecular flexibility index (Phi) is 7.05. The van der Waals surface area contributed by atoms with Crippen molar-refractivity contribution in [2.75, 3.05) is 32.1 Å². The number of benzene rings is 1. The van der Waals surface area contributed by atoms with Crippen molar-refractivity contribution in [2.24, 2.45) is 0 Å². The number of carbonyl (C=O) groups is 2. The van der Waals surface area contributed by atoms with Crippen molar-refractivity contribution >= 4 is 17.5 Å². The van der Waals surface area contributed by atoms with Crippen LogP contribution in [0.3, 0.4) is 0 Å². The molecule has 2 amide bonds. The van der Waals surface area contributed by atoms with Gasteiger partial charge in [0.25, 0.3) is 0 Å². The zero-order valence-corrected chi connectivity index (χ0v) is 14.1. The molecule has 0 spiro atoms. The van der Waals surface area contributed by atoms with Gasteiger partial charge in [0.15, 0.2) is 0 Å². The number of ether oxygens (including phenoxy) is 1. The summed E-state index contributed by atoms with van der Waals surface area (Å²) in [6, 6.07) is 5.97. The summed E-state index contributed by atoms with van der Waals surface area (Å²) in [6.07, 6.45) is 0. The van der Waals surface area contributed by atoms with Crippen LogP contribution in [0.2, 0.25) is 0 Å². The molecule has 5 heteroatoms. The second kappa shape index (κ2) is 8.54. The van der Waals surface area contributed by atoms with Gasteiger partial charge in [-0.25, -0.2) is 0 Å². The molecule has 0 bridgehead atoms. The molecule has 1 aromatic rings. The number of carbonyl (C=O) groups excluding carboxylic acids is 2. The van der Waals surface area contributed by atoms with Gasteiger partial charge in [-0.2, -0.15) is 0 Å². The second-order valence-electron chi connectivity index (χ2n) is 5.68. The number of methoxy groups -OCH3 is 1. The van der Waals surface area contributed by atoms with Crippen molar-refractivity contribution in [2.45, 2.75) is 33.6 Å². The zero-order chi connectivity index (χ0) is 16.7. The summed E-state index contributed by atoms with van der Waals surface area (Å²) in [6.45, 7) is 8.45. The van der Waals surface area contributed by atoms with E-state index in [0.29, 0.717) is 19.1 Å². The van der Waals surface area contributed by atoms with Crippen LogP contribution in [0, 0.1) is 6.92 Å². The van der Waals surface area contributed by atoms with Gasteiger partial charge in [-0.05, 0) is 24.0 Å². The van der Waals surface area contributed by atoms with Crippen LogP contribution in [0.25, 0.3) is 0 Å². The lowest BCUT2D eigenvalue weighted by Crippen LogP contribution is -2.38. The molecule has 0 aromatic heterocycles. The molecular formula is C17H26N2O3. The zero-order valence-electron chi connectivity index (χ0n) is 14.1. The normalized spacial score (nSPS) is 10.6. The van der Waals surface area contributed by atoms with E-state index >= 15 is 0 Å². The maximum atomic E-state index is 12.3. The van der Waals surface area contributed by atoms with E-state index in [4.69, 9.17) is 4.74 Å². The summed E-state index contributed by atoms with van der Waals surface area (Å²) >= 11 is 0. The smallest absolute Gasteiger partial charge is 0.244 e. The van der Waals surface area contributed by atoms with Crippen LogP contribution in [-0.4, -0.2) is 43.5 Å². The van der Waals surface area contributed by atoms with Crippen molar-refractivity contribution in [3.05, 3.63) is 29.3 Å². The standard InChI is InChI=1S/C17H26N2O3/c1-12(2)15-8-6-7-13(3)17(15)18-16(21)11-19(14(4)20)9-10-22-5/h6-8,12H,9-11H2,1-5H3,(H,18,21).